The average molecular weight is 405 g/mol. The molecule has 2 N–H and O–H groups in total. The highest BCUT2D eigenvalue weighted by molar-refractivity contribution is 5.89. The summed E-state index contributed by atoms with van der Waals surface area (Å²) in [4.78, 5) is 28.2. The molecule has 2 fully saturated rings. The summed E-state index contributed by atoms with van der Waals surface area (Å²) in [5, 5.41) is 5.89. The Labute approximate surface area is 172 Å². The van der Waals surface area contributed by atoms with E-state index in [0.717, 1.165) is 51.5 Å². The number of anilines is 1. The molecule has 0 bridgehead atoms. The summed E-state index contributed by atoms with van der Waals surface area (Å²) in [5.41, 5.74) is 1.62. The first-order chi connectivity index (χ1) is 14.0. The Morgan fingerprint density at radius 2 is 1.86 bits per heavy atom. The van der Waals surface area contributed by atoms with Crippen molar-refractivity contribution in [2.45, 2.75) is 18.9 Å². The van der Waals surface area contributed by atoms with Crippen LogP contribution in [-0.4, -0.2) is 87.9 Å². The molecule has 2 saturated heterocycles. The Morgan fingerprint density at radius 3 is 2.48 bits per heavy atom. The second kappa shape index (κ2) is 10.6. The predicted molar refractivity (Wildman–Crippen MR) is 111 cm³/mol. The second-order valence-electron chi connectivity index (χ2n) is 7.84. The zero-order chi connectivity index (χ0) is 20.6. The molecule has 1 aromatic carbocycles. The molecule has 0 spiro atoms. The number of likely N-dealkylation sites (N-methyl/N-ethyl adjacent to an activating group) is 1. The lowest BCUT2D eigenvalue weighted by atomic mass is 9.97. The maximum atomic E-state index is 12.4. The SMILES string of the molecule is CN(C)C(=O)Cc1ccc(NC(=O)NC[C@H]([C@H]2CCOC2)N2CCOCC2)cc1. The molecule has 2 aliphatic rings. The Morgan fingerprint density at radius 1 is 1.14 bits per heavy atom. The summed E-state index contributed by atoms with van der Waals surface area (Å²) in [6, 6.07) is 7.41. The Bertz CT molecular complexity index is 668. The molecule has 3 rings (SSSR count). The molecule has 0 unspecified atom stereocenters. The van der Waals surface area contributed by atoms with Crippen molar-refractivity contribution in [3.05, 3.63) is 29.8 Å². The van der Waals surface area contributed by atoms with E-state index in [2.05, 4.69) is 15.5 Å². The Balaban J connectivity index is 1.50. The number of morpholine rings is 1. The maximum Gasteiger partial charge on any atom is 0.319 e. The van der Waals surface area contributed by atoms with Crippen LogP contribution in [0.25, 0.3) is 0 Å². The zero-order valence-electron chi connectivity index (χ0n) is 17.4. The van der Waals surface area contributed by atoms with Crippen LogP contribution < -0.4 is 10.6 Å². The molecule has 1 aromatic rings. The Hall–Kier alpha value is -2.16. The number of urea groups is 1. The summed E-state index contributed by atoms with van der Waals surface area (Å²) in [7, 11) is 3.48. The quantitative estimate of drug-likeness (QED) is 0.713. The smallest absolute Gasteiger partial charge is 0.319 e. The van der Waals surface area contributed by atoms with Crippen LogP contribution in [0, 0.1) is 5.92 Å². The van der Waals surface area contributed by atoms with Gasteiger partial charge in [-0.2, -0.15) is 0 Å². The van der Waals surface area contributed by atoms with Crippen LogP contribution in [0.4, 0.5) is 10.5 Å². The number of hydrogen-bond donors (Lipinski definition) is 2. The first kappa shape index (κ1) is 21.5. The molecule has 0 radical (unpaired) electrons. The van der Waals surface area contributed by atoms with Gasteiger partial charge in [-0.05, 0) is 24.1 Å². The second-order valence-corrected chi connectivity index (χ2v) is 7.84. The normalized spacial score (nSPS) is 20.8. The minimum Gasteiger partial charge on any atom is -0.381 e. The number of amides is 3. The first-order valence-corrected chi connectivity index (χ1v) is 10.3. The van der Waals surface area contributed by atoms with Gasteiger partial charge in [-0.25, -0.2) is 4.79 Å². The molecule has 2 aliphatic heterocycles. The topological polar surface area (TPSA) is 83.1 Å². The molecule has 2 heterocycles. The van der Waals surface area contributed by atoms with E-state index in [1.54, 1.807) is 19.0 Å². The lowest BCUT2D eigenvalue weighted by Crippen LogP contribution is -2.52. The van der Waals surface area contributed by atoms with E-state index in [9.17, 15) is 9.59 Å². The summed E-state index contributed by atoms with van der Waals surface area (Å²) in [5.74, 6) is 0.482. The number of nitrogens with one attached hydrogen (secondary N) is 2. The fraction of sp³-hybridized carbons (Fsp3) is 0.619. The van der Waals surface area contributed by atoms with Gasteiger partial charge in [-0.1, -0.05) is 12.1 Å². The molecule has 3 amide bonds. The van der Waals surface area contributed by atoms with E-state index in [1.807, 2.05) is 24.3 Å². The van der Waals surface area contributed by atoms with Crippen molar-refractivity contribution in [1.29, 1.82) is 0 Å². The van der Waals surface area contributed by atoms with Crippen LogP contribution in [-0.2, 0) is 20.7 Å². The molecule has 160 valence electrons. The van der Waals surface area contributed by atoms with Gasteiger partial charge in [0.2, 0.25) is 5.91 Å². The molecule has 0 aromatic heterocycles. The van der Waals surface area contributed by atoms with Crippen LogP contribution in [0.5, 0.6) is 0 Å². The molecular weight excluding hydrogens is 372 g/mol. The van der Waals surface area contributed by atoms with Gasteiger partial charge in [0, 0.05) is 58.0 Å². The first-order valence-electron chi connectivity index (χ1n) is 10.3. The van der Waals surface area contributed by atoms with Gasteiger partial charge >= 0.3 is 6.03 Å². The van der Waals surface area contributed by atoms with Crippen LogP contribution in [0.2, 0.25) is 0 Å². The minimum atomic E-state index is -0.223. The largest absolute Gasteiger partial charge is 0.381 e. The van der Waals surface area contributed by atoms with Crippen molar-refractivity contribution in [3.63, 3.8) is 0 Å². The fourth-order valence-corrected chi connectivity index (χ4v) is 3.77. The molecule has 2 atom stereocenters. The van der Waals surface area contributed by atoms with E-state index in [0.29, 0.717) is 24.6 Å². The number of nitrogens with zero attached hydrogens (tertiary/aromatic N) is 2. The number of carbonyl (C=O) groups excluding carboxylic acids is 2. The van der Waals surface area contributed by atoms with Crippen molar-refractivity contribution < 1.29 is 19.1 Å². The summed E-state index contributed by atoms with van der Waals surface area (Å²) in [6.45, 7) is 5.36. The molecule has 0 aliphatic carbocycles. The fourth-order valence-electron chi connectivity index (χ4n) is 3.77. The highest BCUT2D eigenvalue weighted by Gasteiger charge is 2.31. The molecule has 29 heavy (non-hydrogen) atoms. The third kappa shape index (κ3) is 6.42. The van der Waals surface area contributed by atoms with Gasteiger partial charge in [-0.3, -0.25) is 9.69 Å². The predicted octanol–water partition coefficient (Wildman–Crippen LogP) is 1.18. The van der Waals surface area contributed by atoms with E-state index >= 15 is 0 Å². The number of carbonyl (C=O) groups is 2. The summed E-state index contributed by atoms with van der Waals surface area (Å²) >= 11 is 0. The summed E-state index contributed by atoms with van der Waals surface area (Å²) < 4.78 is 11.0. The number of rotatable bonds is 7. The minimum absolute atomic E-state index is 0.0495. The maximum absolute atomic E-state index is 12.4. The van der Waals surface area contributed by atoms with Gasteiger partial charge in [0.15, 0.2) is 0 Å². The standard InChI is InChI=1S/C21H32N4O4/c1-24(2)20(26)13-16-3-5-18(6-4-16)23-21(27)22-14-19(17-7-10-29-15-17)25-8-11-28-12-9-25/h3-6,17,19H,7-15H2,1-2H3,(H2,22,23,27)/t17-,19+/m0/s1. The van der Waals surface area contributed by atoms with Crippen molar-refractivity contribution in [2.24, 2.45) is 5.92 Å². The third-order valence-corrected chi connectivity index (χ3v) is 5.56. The summed E-state index contributed by atoms with van der Waals surface area (Å²) in [6.07, 6.45) is 1.38. The van der Waals surface area contributed by atoms with Gasteiger partial charge in [0.25, 0.3) is 0 Å². The van der Waals surface area contributed by atoms with E-state index < -0.39 is 0 Å². The van der Waals surface area contributed by atoms with Crippen LogP contribution >= 0.6 is 0 Å². The van der Waals surface area contributed by atoms with Gasteiger partial charge in [0.1, 0.15) is 0 Å². The molecular formula is C21H32N4O4. The monoisotopic (exact) mass is 404 g/mol. The van der Waals surface area contributed by atoms with Crippen LogP contribution in [0.15, 0.2) is 24.3 Å². The molecule has 0 saturated carbocycles. The van der Waals surface area contributed by atoms with Crippen molar-refractivity contribution in [3.8, 4) is 0 Å². The number of hydrogen-bond acceptors (Lipinski definition) is 5. The van der Waals surface area contributed by atoms with E-state index in [-0.39, 0.29) is 18.0 Å². The zero-order valence-corrected chi connectivity index (χ0v) is 17.4. The third-order valence-electron chi connectivity index (χ3n) is 5.56. The lowest BCUT2D eigenvalue weighted by Gasteiger charge is -2.37. The van der Waals surface area contributed by atoms with E-state index in [1.165, 1.54) is 0 Å². The number of ether oxygens (including phenoxy) is 2. The lowest BCUT2D eigenvalue weighted by molar-refractivity contribution is -0.127. The number of benzene rings is 1. The molecule has 8 nitrogen and oxygen atoms in total. The van der Waals surface area contributed by atoms with Crippen LogP contribution in [0.1, 0.15) is 12.0 Å². The van der Waals surface area contributed by atoms with E-state index in [4.69, 9.17) is 9.47 Å². The van der Waals surface area contributed by atoms with Crippen LogP contribution in [0.3, 0.4) is 0 Å². The average Bonchev–Trinajstić information content (AvgIpc) is 3.25. The van der Waals surface area contributed by atoms with Gasteiger partial charge < -0.3 is 25.0 Å². The molecule has 8 heteroatoms. The van der Waals surface area contributed by atoms with Gasteiger partial charge in [0.05, 0.1) is 26.2 Å². The van der Waals surface area contributed by atoms with Crippen molar-refractivity contribution >= 4 is 17.6 Å². The van der Waals surface area contributed by atoms with Gasteiger partial charge in [-0.15, -0.1) is 0 Å². The van der Waals surface area contributed by atoms with Crippen molar-refractivity contribution in [2.75, 3.05) is 65.5 Å². The highest BCUT2D eigenvalue weighted by Crippen LogP contribution is 2.22. The highest BCUT2D eigenvalue weighted by atomic mass is 16.5. The Kier molecular flexibility index (Phi) is 7.85. The van der Waals surface area contributed by atoms with Crippen molar-refractivity contribution in [1.82, 2.24) is 15.1 Å².